The molecule has 2 N–H and O–H groups in total. The Morgan fingerprint density at radius 1 is 1.33 bits per heavy atom. The van der Waals surface area contributed by atoms with Crippen molar-refractivity contribution in [3.63, 3.8) is 0 Å². The van der Waals surface area contributed by atoms with Crippen molar-refractivity contribution < 1.29 is 9.21 Å². The van der Waals surface area contributed by atoms with E-state index in [4.69, 9.17) is 16.0 Å². The second-order valence-corrected chi connectivity index (χ2v) is 4.83. The summed E-state index contributed by atoms with van der Waals surface area (Å²) >= 11 is 5.75. The van der Waals surface area contributed by atoms with Gasteiger partial charge in [0.1, 0.15) is 5.69 Å². The van der Waals surface area contributed by atoms with Crippen molar-refractivity contribution in [3.8, 4) is 11.3 Å². The lowest BCUT2D eigenvalue weighted by atomic mass is 10.2. The highest BCUT2D eigenvalue weighted by molar-refractivity contribution is 6.30. The standard InChI is InChI=1S/C15H12ClN3O2/c16-11-6-12(17-7-11)15(20)19-9-14-18-8-13(21-14)10-4-2-1-3-5-10/h1-8,17H,9H2,(H,19,20). The lowest BCUT2D eigenvalue weighted by Crippen LogP contribution is -2.23. The maximum Gasteiger partial charge on any atom is 0.268 e. The molecule has 0 aliphatic rings. The first-order valence-corrected chi connectivity index (χ1v) is 6.72. The van der Waals surface area contributed by atoms with Crippen molar-refractivity contribution in [2.75, 3.05) is 0 Å². The fourth-order valence-corrected chi connectivity index (χ4v) is 2.04. The van der Waals surface area contributed by atoms with Crippen LogP contribution >= 0.6 is 11.6 Å². The third kappa shape index (κ3) is 3.14. The normalized spacial score (nSPS) is 10.5. The fraction of sp³-hybridized carbons (Fsp3) is 0.0667. The zero-order chi connectivity index (χ0) is 14.7. The van der Waals surface area contributed by atoms with E-state index in [9.17, 15) is 4.79 Å². The van der Waals surface area contributed by atoms with Gasteiger partial charge in [0.15, 0.2) is 5.76 Å². The summed E-state index contributed by atoms with van der Waals surface area (Å²) in [6, 6.07) is 11.2. The molecule has 3 rings (SSSR count). The number of benzene rings is 1. The number of H-pyrrole nitrogens is 1. The molecule has 2 aromatic heterocycles. The van der Waals surface area contributed by atoms with E-state index in [0.29, 0.717) is 22.4 Å². The Morgan fingerprint density at radius 2 is 2.14 bits per heavy atom. The van der Waals surface area contributed by atoms with Crippen molar-refractivity contribution in [3.05, 3.63) is 65.4 Å². The number of amides is 1. The highest BCUT2D eigenvalue weighted by Gasteiger charge is 2.10. The molecule has 0 aliphatic heterocycles. The van der Waals surface area contributed by atoms with Crippen LogP contribution in [0.5, 0.6) is 0 Å². The molecule has 1 amide bonds. The lowest BCUT2D eigenvalue weighted by molar-refractivity contribution is 0.0943. The SMILES string of the molecule is O=C(NCc1ncc(-c2ccccc2)o1)c1cc(Cl)c[nH]1. The Hall–Kier alpha value is -2.53. The van der Waals surface area contributed by atoms with E-state index in [1.165, 1.54) is 0 Å². The number of rotatable bonds is 4. The lowest BCUT2D eigenvalue weighted by Gasteiger charge is -2.00. The monoisotopic (exact) mass is 301 g/mol. The highest BCUT2D eigenvalue weighted by Crippen LogP contribution is 2.19. The zero-order valence-electron chi connectivity index (χ0n) is 11.0. The highest BCUT2D eigenvalue weighted by atomic mass is 35.5. The van der Waals surface area contributed by atoms with Crippen LogP contribution in [0.2, 0.25) is 5.02 Å². The Labute approximate surface area is 126 Å². The molecule has 0 aliphatic carbocycles. The second kappa shape index (κ2) is 5.85. The van der Waals surface area contributed by atoms with Crippen molar-refractivity contribution in [1.82, 2.24) is 15.3 Å². The predicted octanol–water partition coefficient (Wildman–Crippen LogP) is 3.25. The second-order valence-electron chi connectivity index (χ2n) is 4.40. The number of halogens is 1. The Kier molecular flexibility index (Phi) is 3.75. The van der Waals surface area contributed by atoms with Gasteiger partial charge in [-0.1, -0.05) is 41.9 Å². The number of carbonyl (C=O) groups excluding carboxylic acids is 1. The summed E-state index contributed by atoms with van der Waals surface area (Å²) in [7, 11) is 0. The predicted molar refractivity (Wildman–Crippen MR) is 78.9 cm³/mol. The molecule has 106 valence electrons. The van der Waals surface area contributed by atoms with Gasteiger partial charge in [-0.2, -0.15) is 0 Å². The summed E-state index contributed by atoms with van der Waals surface area (Å²) < 4.78 is 5.60. The van der Waals surface area contributed by atoms with Crippen molar-refractivity contribution in [2.24, 2.45) is 0 Å². The number of hydrogen-bond acceptors (Lipinski definition) is 3. The van der Waals surface area contributed by atoms with Gasteiger partial charge in [-0.15, -0.1) is 0 Å². The van der Waals surface area contributed by atoms with Crippen molar-refractivity contribution in [1.29, 1.82) is 0 Å². The van der Waals surface area contributed by atoms with E-state index in [-0.39, 0.29) is 12.5 Å². The maximum absolute atomic E-state index is 11.8. The number of aromatic nitrogens is 2. The van der Waals surface area contributed by atoms with Crippen molar-refractivity contribution in [2.45, 2.75) is 6.54 Å². The first-order chi connectivity index (χ1) is 10.2. The van der Waals surface area contributed by atoms with Gasteiger partial charge < -0.3 is 14.7 Å². The average Bonchev–Trinajstić information content (AvgIpc) is 3.15. The third-order valence-electron chi connectivity index (χ3n) is 2.90. The van der Waals surface area contributed by atoms with Gasteiger partial charge in [-0.25, -0.2) is 4.98 Å². The zero-order valence-corrected chi connectivity index (χ0v) is 11.7. The summed E-state index contributed by atoms with van der Waals surface area (Å²) in [5.74, 6) is 0.851. The minimum atomic E-state index is -0.263. The van der Waals surface area contributed by atoms with Gasteiger partial charge >= 0.3 is 0 Å². The number of carbonyl (C=O) groups is 1. The maximum atomic E-state index is 11.8. The minimum Gasteiger partial charge on any atom is -0.439 e. The summed E-state index contributed by atoms with van der Waals surface area (Å²) in [6.07, 6.45) is 3.19. The van der Waals surface area contributed by atoms with Gasteiger partial charge in [-0.05, 0) is 6.07 Å². The summed E-state index contributed by atoms with van der Waals surface area (Å²) in [6.45, 7) is 0.211. The van der Waals surface area contributed by atoms with E-state index in [1.54, 1.807) is 18.5 Å². The summed E-state index contributed by atoms with van der Waals surface area (Å²) in [4.78, 5) is 18.8. The molecule has 5 nitrogen and oxygen atoms in total. The number of nitrogens with one attached hydrogen (secondary N) is 2. The molecule has 21 heavy (non-hydrogen) atoms. The average molecular weight is 302 g/mol. The van der Waals surface area contributed by atoms with Gasteiger partial charge in [0.25, 0.3) is 5.91 Å². The minimum absolute atomic E-state index is 0.211. The van der Waals surface area contributed by atoms with Crippen LogP contribution in [0.3, 0.4) is 0 Å². The smallest absolute Gasteiger partial charge is 0.268 e. The fourth-order valence-electron chi connectivity index (χ4n) is 1.88. The summed E-state index contributed by atoms with van der Waals surface area (Å²) in [5, 5.41) is 3.20. The van der Waals surface area contributed by atoms with E-state index in [1.807, 2.05) is 30.3 Å². The van der Waals surface area contributed by atoms with E-state index in [2.05, 4.69) is 15.3 Å². The Balaban J connectivity index is 1.64. The molecule has 0 unspecified atom stereocenters. The molecule has 0 saturated carbocycles. The van der Waals surface area contributed by atoms with Crippen LogP contribution in [-0.2, 0) is 6.54 Å². The number of aromatic amines is 1. The van der Waals surface area contributed by atoms with Gasteiger partial charge in [0.05, 0.1) is 17.8 Å². The van der Waals surface area contributed by atoms with Crippen molar-refractivity contribution >= 4 is 17.5 Å². The molecular weight excluding hydrogens is 290 g/mol. The van der Waals surface area contributed by atoms with Crippen LogP contribution < -0.4 is 5.32 Å². The molecule has 3 aromatic rings. The van der Waals surface area contributed by atoms with Crippen LogP contribution in [0.15, 0.2) is 53.2 Å². The molecule has 0 fully saturated rings. The largest absolute Gasteiger partial charge is 0.439 e. The molecule has 0 saturated heterocycles. The van der Waals surface area contributed by atoms with Gasteiger partial charge in [-0.3, -0.25) is 4.79 Å². The van der Waals surface area contributed by atoms with Crippen LogP contribution in [0.25, 0.3) is 11.3 Å². The Bertz CT molecular complexity index is 749. The van der Waals surface area contributed by atoms with E-state index < -0.39 is 0 Å². The number of hydrogen-bond donors (Lipinski definition) is 2. The van der Waals surface area contributed by atoms with Crippen LogP contribution in [0.4, 0.5) is 0 Å². The first-order valence-electron chi connectivity index (χ1n) is 6.34. The molecule has 0 atom stereocenters. The van der Waals surface area contributed by atoms with Crippen LogP contribution in [-0.4, -0.2) is 15.9 Å². The van der Waals surface area contributed by atoms with Crippen LogP contribution in [0.1, 0.15) is 16.4 Å². The molecular formula is C15H12ClN3O2. The van der Waals surface area contributed by atoms with E-state index >= 15 is 0 Å². The quantitative estimate of drug-likeness (QED) is 0.777. The molecule has 0 radical (unpaired) electrons. The molecule has 6 heteroatoms. The molecule has 1 aromatic carbocycles. The summed E-state index contributed by atoms with van der Waals surface area (Å²) in [5.41, 5.74) is 1.34. The van der Waals surface area contributed by atoms with E-state index in [0.717, 1.165) is 5.56 Å². The third-order valence-corrected chi connectivity index (χ3v) is 3.12. The van der Waals surface area contributed by atoms with Gasteiger partial charge in [0, 0.05) is 11.8 Å². The molecule has 2 heterocycles. The topological polar surface area (TPSA) is 70.9 Å². The number of oxazole rings is 1. The number of nitrogens with zero attached hydrogens (tertiary/aromatic N) is 1. The molecule has 0 spiro atoms. The van der Waals surface area contributed by atoms with Gasteiger partial charge in [0.2, 0.25) is 5.89 Å². The van der Waals surface area contributed by atoms with Crippen LogP contribution in [0, 0.1) is 0 Å². The Morgan fingerprint density at radius 3 is 2.86 bits per heavy atom. The first kappa shape index (κ1) is 13.5. The molecule has 0 bridgehead atoms.